The monoisotopic (exact) mass is 393 g/mol. The van der Waals surface area contributed by atoms with Crippen LogP contribution in [0.1, 0.15) is 46.5 Å². The van der Waals surface area contributed by atoms with E-state index in [2.05, 4.69) is 31.5 Å². The van der Waals surface area contributed by atoms with Gasteiger partial charge >= 0.3 is 0 Å². The largest absolute Gasteiger partial charge is 0.484 e. The van der Waals surface area contributed by atoms with Gasteiger partial charge in [0.1, 0.15) is 17.5 Å². The van der Waals surface area contributed by atoms with Gasteiger partial charge in [0.2, 0.25) is 0 Å². The van der Waals surface area contributed by atoms with Crippen LogP contribution in [0.3, 0.4) is 0 Å². The van der Waals surface area contributed by atoms with E-state index >= 15 is 0 Å². The predicted octanol–water partition coefficient (Wildman–Crippen LogP) is 3.03. The van der Waals surface area contributed by atoms with E-state index in [-0.39, 0.29) is 29.3 Å². The number of aromatic nitrogens is 1. The molecule has 0 spiro atoms. The molecule has 2 rings (SSSR count). The van der Waals surface area contributed by atoms with E-state index in [0.717, 1.165) is 10.0 Å². The molecule has 7 heteroatoms. The van der Waals surface area contributed by atoms with Crippen LogP contribution in [0.5, 0.6) is 5.75 Å². The van der Waals surface area contributed by atoms with Gasteiger partial charge in [-0.05, 0) is 31.5 Å². The highest BCUT2D eigenvalue weighted by Crippen LogP contribution is 2.27. The maximum absolute atomic E-state index is 12.0. The van der Waals surface area contributed by atoms with Crippen molar-refractivity contribution in [2.24, 2.45) is 0 Å². The second-order valence-electron chi connectivity index (χ2n) is 5.17. The fraction of sp³-hybridized carbons (Fsp3) is 0.294. The fourth-order valence-corrected chi connectivity index (χ4v) is 2.46. The first-order valence-corrected chi connectivity index (χ1v) is 8.41. The number of carbonyl (C=O) groups is 2. The van der Waals surface area contributed by atoms with Crippen LogP contribution >= 0.6 is 15.9 Å². The van der Waals surface area contributed by atoms with Crippen LogP contribution < -0.4 is 15.4 Å². The highest BCUT2D eigenvalue weighted by molar-refractivity contribution is 9.10. The summed E-state index contributed by atoms with van der Waals surface area (Å²) in [5.74, 6) is -0.289. The third kappa shape index (κ3) is 4.17. The first kappa shape index (κ1) is 18.1. The Labute approximate surface area is 149 Å². The normalized spacial score (nSPS) is 11.7. The zero-order chi connectivity index (χ0) is 17.7. The molecule has 0 aliphatic rings. The Hall–Kier alpha value is -2.28. The minimum atomic E-state index is -0.344. The first-order chi connectivity index (χ1) is 11.5. The van der Waals surface area contributed by atoms with Crippen molar-refractivity contribution in [1.29, 1.82) is 0 Å². The van der Waals surface area contributed by atoms with Gasteiger partial charge in [0.25, 0.3) is 11.8 Å². The summed E-state index contributed by atoms with van der Waals surface area (Å²) in [6, 6.07) is 9.26. The molecule has 0 saturated heterocycles. The molecule has 0 radical (unpaired) electrons. The summed E-state index contributed by atoms with van der Waals surface area (Å²) < 4.78 is 6.89. The Morgan fingerprint density at radius 1 is 1.25 bits per heavy atom. The molecule has 0 aliphatic heterocycles. The van der Waals surface area contributed by atoms with E-state index < -0.39 is 0 Å². The predicted molar refractivity (Wildman–Crippen MR) is 95.4 cm³/mol. The fourth-order valence-electron chi connectivity index (χ4n) is 2.19. The summed E-state index contributed by atoms with van der Waals surface area (Å²) in [6.07, 6.45) is -0.278. The number of halogens is 1. The molecular formula is C17H20BrN3O3. The molecule has 1 aromatic carbocycles. The van der Waals surface area contributed by atoms with Crippen LogP contribution in [0, 0.1) is 0 Å². The SMILES string of the molecule is CCNC(=O)c1cc(O[C@@H](C)c2ccc(Br)cc2)c(C(=O)NC)[nH]1. The molecule has 0 fully saturated rings. The van der Waals surface area contributed by atoms with Gasteiger partial charge in [0.05, 0.1) is 0 Å². The number of hydrogen-bond donors (Lipinski definition) is 3. The van der Waals surface area contributed by atoms with Gasteiger partial charge in [-0.1, -0.05) is 28.1 Å². The second-order valence-corrected chi connectivity index (χ2v) is 6.09. The molecule has 0 unspecified atom stereocenters. The Morgan fingerprint density at radius 3 is 2.50 bits per heavy atom. The number of ether oxygens (including phenoxy) is 1. The smallest absolute Gasteiger partial charge is 0.271 e. The molecule has 2 amide bonds. The minimum absolute atomic E-state index is 0.225. The topological polar surface area (TPSA) is 83.2 Å². The third-order valence-corrected chi connectivity index (χ3v) is 3.99. The number of rotatable bonds is 6. The van der Waals surface area contributed by atoms with Crippen LogP contribution in [0.4, 0.5) is 0 Å². The molecule has 1 heterocycles. The minimum Gasteiger partial charge on any atom is -0.484 e. The van der Waals surface area contributed by atoms with Gasteiger partial charge < -0.3 is 20.4 Å². The lowest BCUT2D eigenvalue weighted by Gasteiger charge is -2.15. The Kier molecular flexibility index (Phi) is 6.03. The standard InChI is InChI=1S/C17H20BrN3O3/c1-4-20-16(22)13-9-14(15(21-13)17(23)19-3)24-10(2)11-5-7-12(18)8-6-11/h5-10,21H,4H2,1-3H3,(H,19,23)(H,20,22)/t10-/m0/s1. The van der Waals surface area contributed by atoms with Gasteiger partial charge in [-0.25, -0.2) is 0 Å². The van der Waals surface area contributed by atoms with Crippen molar-refractivity contribution in [3.05, 3.63) is 51.8 Å². The molecule has 128 valence electrons. The number of hydrogen-bond acceptors (Lipinski definition) is 3. The summed E-state index contributed by atoms with van der Waals surface area (Å²) in [4.78, 5) is 26.8. The van der Waals surface area contributed by atoms with Crippen LogP contribution in [-0.2, 0) is 0 Å². The van der Waals surface area contributed by atoms with Crippen molar-refractivity contribution in [2.75, 3.05) is 13.6 Å². The number of carbonyl (C=O) groups excluding carboxylic acids is 2. The van der Waals surface area contributed by atoms with Crippen molar-refractivity contribution >= 4 is 27.7 Å². The van der Waals surface area contributed by atoms with E-state index in [0.29, 0.717) is 12.3 Å². The molecular weight excluding hydrogens is 374 g/mol. The lowest BCUT2D eigenvalue weighted by atomic mass is 10.1. The van der Waals surface area contributed by atoms with Crippen molar-refractivity contribution in [3.63, 3.8) is 0 Å². The first-order valence-electron chi connectivity index (χ1n) is 7.61. The average Bonchev–Trinajstić information content (AvgIpc) is 2.99. The van der Waals surface area contributed by atoms with E-state index in [1.165, 1.54) is 7.05 Å². The average molecular weight is 394 g/mol. The molecule has 0 bridgehead atoms. The van der Waals surface area contributed by atoms with E-state index in [4.69, 9.17) is 4.74 Å². The van der Waals surface area contributed by atoms with Gasteiger partial charge in [-0.3, -0.25) is 9.59 Å². The highest BCUT2D eigenvalue weighted by atomic mass is 79.9. The summed E-state index contributed by atoms with van der Waals surface area (Å²) in [5.41, 5.74) is 1.47. The van der Waals surface area contributed by atoms with Crippen molar-refractivity contribution < 1.29 is 14.3 Å². The molecule has 1 atom stereocenters. The molecule has 6 nitrogen and oxygen atoms in total. The number of nitrogens with one attached hydrogen (secondary N) is 3. The van der Waals surface area contributed by atoms with Crippen molar-refractivity contribution in [1.82, 2.24) is 15.6 Å². The molecule has 3 N–H and O–H groups in total. The molecule has 24 heavy (non-hydrogen) atoms. The van der Waals surface area contributed by atoms with Crippen LogP contribution in [0.15, 0.2) is 34.8 Å². The van der Waals surface area contributed by atoms with Crippen molar-refractivity contribution in [3.8, 4) is 5.75 Å². The molecule has 1 aromatic heterocycles. The van der Waals surface area contributed by atoms with Crippen LogP contribution in [0.2, 0.25) is 0 Å². The van der Waals surface area contributed by atoms with Crippen LogP contribution in [-0.4, -0.2) is 30.4 Å². The van der Waals surface area contributed by atoms with Gasteiger partial charge in [-0.15, -0.1) is 0 Å². The van der Waals surface area contributed by atoms with Gasteiger partial charge in [0.15, 0.2) is 5.75 Å². The molecule has 0 aliphatic carbocycles. The lowest BCUT2D eigenvalue weighted by Crippen LogP contribution is -2.23. The third-order valence-electron chi connectivity index (χ3n) is 3.46. The molecule has 2 aromatic rings. The van der Waals surface area contributed by atoms with Crippen molar-refractivity contribution in [2.45, 2.75) is 20.0 Å². The maximum Gasteiger partial charge on any atom is 0.271 e. The number of H-pyrrole nitrogens is 1. The van der Waals surface area contributed by atoms with Crippen LogP contribution in [0.25, 0.3) is 0 Å². The maximum atomic E-state index is 12.0. The number of aromatic amines is 1. The van der Waals surface area contributed by atoms with Gasteiger partial charge in [0, 0.05) is 24.1 Å². The Bertz CT molecular complexity index is 725. The van der Waals surface area contributed by atoms with E-state index in [9.17, 15) is 9.59 Å². The zero-order valence-corrected chi connectivity index (χ0v) is 15.4. The van der Waals surface area contributed by atoms with E-state index in [1.807, 2.05) is 38.1 Å². The summed E-state index contributed by atoms with van der Waals surface area (Å²) in [7, 11) is 1.52. The Morgan fingerprint density at radius 2 is 1.92 bits per heavy atom. The summed E-state index contributed by atoms with van der Waals surface area (Å²) >= 11 is 3.39. The number of amides is 2. The zero-order valence-electron chi connectivity index (χ0n) is 13.8. The highest BCUT2D eigenvalue weighted by Gasteiger charge is 2.21. The quantitative estimate of drug-likeness (QED) is 0.705. The van der Waals surface area contributed by atoms with E-state index in [1.54, 1.807) is 6.07 Å². The summed E-state index contributed by atoms with van der Waals surface area (Å²) in [6.45, 7) is 4.21. The lowest BCUT2D eigenvalue weighted by molar-refractivity contribution is 0.0951. The Balaban J connectivity index is 2.28. The molecule has 0 saturated carbocycles. The van der Waals surface area contributed by atoms with Gasteiger partial charge in [-0.2, -0.15) is 0 Å². The second kappa shape index (κ2) is 8.01. The number of benzene rings is 1. The summed E-state index contributed by atoms with van der Waals surface area (Å²) in [5, 5.41) is 5.23.